The van der Waals surface area contributed by atoms with Gasteiger partial charge in [0.05, 0.1) is 22.5 Å². The molecule has 0 aliphatic heterocycles. The van der Waals surface area contributed by atoms with Gasteiger partial charge in [-0.05, 0) is 25.1 Å². The lowest BCUT2D eigenvalue weighted by Gasteiger charge is -2.06. The predicted octanol–water partition coefficient (Wildman–Crippen LogP) is 1.43. The first-order valence-corrected chi connectivity index (χ1v) is 7.06. The largest absolute Gasteiger partial charge is 0.351 e. The maximum absolute atomic E-state index is 13.7. The molecule has 0 saturated carbocycles. The molecule has 2 aromatic rings. The quantitative estimate of drug-likeness (QED) is 0.888. The van der Waals surface area contributed by atoms with Crippen LogP contribution in [0.4, 0.5) is 15.8 Å². The van der Waals surface area contributed by atoms with Crippen molar-refractivity contribution in [3.63, 3.8) is 0 Å². The van der Waals surface area contributed by atoms with Crippen molar-refractivity contribution in [2.45, 2.75) is 18.4 Å². The number of benzene rings is 1. The number of rotatable bonds is 4. The second kappa shape index (κ2) is 4.98. The molecule has 0 aliphatic carbocycles. The molecule has 19 heavy (non-hydrogen) atoms. The van der Waals surface area contributed by atoms with Gasteiger partial charge < -0.3 is 5.32 Å². The second-order valence-electron chi connectivity index (χ2n) is 3.90. The van der Waals surface area contributed by atoms with Crippen molar-refractivity contribution >= 4 is 21.4 Å². The smallest absolute Gasteiger partial charge is 0.238 e. The highest BCUT2D eigenvalue weighted by Crippen LogP contribution is 2.22. The molecule has 2 rings (SSSR count). The van der Waals surface area contributed by atoms with Crippen LogP contribution in [-0.4, -0.2) is 18.2 Å². The zero-order valence-corrected chi connectivity index (χ0v) is 11.0. The van der Waals surface area contributed by atoms with Gasteiger partial charge in [-0.3, -0.25) is 4.68 Å². The summed E-state index contributed by atoms with van der Waals surface area (Å²) in [7, 11) is -3.90. The highest BCUT2D eigenvalue weighted by Gasteiger charge is 2.12. The summed E-state index contributed by atoms with van der Waals surface area (Å²) in [5, 5.41) is 11.8. The Morgan fingerprint density at radius 3 is 2.74 bits per heavy atom. The van der Waals surface area contributed by atoms with E-state index in [2.05, 4.69) is 10.4 Å². The van der Waals surface area contributed by atoms with Crippen molar-refractivity contribution in [2.24, 2.45) is 5.14 Å². The zero-order chi connectivity index (χ0) is 14.0. The molecule has 0 radical (unpaired) electrons. The summed E-state index contributed by atoms with van der Waals surface area (Å²) in [5.41, 5.74) is 0.771. The van der Waals surface area contributed by atoms with Crippen LogP contribution < -0.4 is 10.5 Å². The van der Waals surface area contributed by atoms with E-state index in [0.717, 1.165) is 6.07 Å². The Kier molecular flexibility index (Phi) is 3.54. The number of aryl methyl sites for hydroxylation is 1. The number of aromatic nitrogens is 2. The standard InChI is InChI=1S/C11H13FN4O2S/c1-2-16-7-8(6-14-16)15-11-4-3-9(5-10(11)12)19(13,17)18/h3-7,15H,2H2,1H3,(H2,13,17,18). The minimum absolute atomic E-state index is 0.156. The lowest BCUT2D eigenvalue weighted by molar-refractivity contribution is 0.593. The van der Waals surface area contributed by atoms with Gasteiger partial charge in [0, 0.05) is 12.7 Å². The van der Waals surface area contributed by atoms with Crippen LogP contribution in [0.15, 0.2) is 35.5 Å². The first kappa shape index (κ1) is 13.5. The van der Waals surface area contributed by atoms with Crippen LogP contribution in [0.2, 0.25) is 0 Å². The number of nitrogens with zero attached hydrogens (tertiary/aromatic N) is 2. The highest BCUT2D eigenvalue weighted by atomic mass is 32.2. The molecule has 0 aliphatic rings. The molecule has 0 spiro atoms. The number of anilines is 2. The third-order valence-electron chi connectivity index (χ3n) is 2.51. The average Bonchev–Trinajstić information content (AvgIpc) is 2.78. The monoisotopic (exact) mass is 284 g/mol. The summed E-state index contributed by atoms with van der Waals surface area (Å²) in [6.45, 7) is 2.63. The maximum Gasteiger partial charge on any atom is 0.238 e. The van der Waals surface area contributed by atoms with E-state index in [1.54, 1.807) is 17.1 Å². The molecule has 0 amide bonds. The van der Waals surface area contributed by atoms with Crippen LogP contribution in [0.25, 0.3) is 0 Å². The van der Waals surface area contributed by atoms with Gasteiger partial charge in [0.15, 0.2) is 0 Å². The van der Waals surface area contributed by atoms with Crippen molar-refractivity contribution in [1.82, 2.24) is 9.78 Å². The van der Waals surface area contributed by atoms with Crippen molar-refractivity contribution in [3.8, 4) is 0 Å². The van der Waals surface area contributed by atoms with E-state index in [9.17, 15) is 12.8 Å². The van der Waals surface area contributed by atoms with Crippen molar-refractivity contribution in [2.75, 3.05) is 5.32 Å². The van der Waals surface area contributed by atoms with Crippen LogP contribution in [-0.2, 0) is 16.6 Å². The molecule has 8 heteroatoms. The lowest BCUT2D eigenvalue weighted by Crippen LogP contribution is -2.12. The highest BCUT2D eigenvalue weighted by molar-refractivity contribution is 7.89. The summed E-state index contributed by atoms with van der Waals surface area (Å²) < 4.78 is 37.6. The van der Waals surface area contributed by atoms with Gasteiger partial charge in [-0.1, -0.05) is 0 Å². The minimum atomic E-state index is -3.90. The zero-order valence-electron chi connectivity index (χ0n) is 10.2. The number of primary sulfonamides is 1. The van der Waals surface area contributed by atoms with Gasteiger partial charge in [-0.15, -0.1) is 0 Å². The molecule has 0 saturated heterocycles. The van der Waals surface area contributed by atoms with Crippen molar-refractivity contribution in [1.29, 1.82) is 0 Å². The van der Waals surface area contributed by atoms with E-state index in [1.165, 1.54) is 12.1 Å². The summed E-state index contributed by atoms with van der Waals surface area (Å²) in [4.78, 5) is -0.264. The summed E-state index contributed by atoms with van der Waals surface area (Å²) >= 11 is 0. The second-order valence-corrected chi connectivity index (χ2v) is 5.46. The molecule has 0 bridgehead atoms. The van der Waals surface area contributed by atoms with Gasteiger partial charge in [0.2, 0.25) is 10.0 Å². The molecule has 102 valence electrons. The molecule has 0 unspecified atom stereocenters. The minimum Gasteiger partial charge on any atom is -0.351 e. The van der Waals surface area contributed by atoms with E-state index >= 15 is 0 Å². The Labute approximate surface area is 110 Å². The van der Waals surface area contributed by atoms with Crippen LogP contribution in [0.3, 0.4) is 0 Å². The molecular formula is C11H13FN4O2S. The molecule has 3 N–H and O–H groups in total. The van der Waals surface area contributed by atoms with E-state index in [-0.39, 0.29) is 10.6 Å². The van der Waals surface area contributed by atoms with E-state index in [0.29, 0.717) is 12.2 Å². The molecular weight excluding hydrogens is 271 g/mol. The first-order valence-electron chi connectivity index (χ1n) is 5.52. The average molecular weight is 284 g/mol. The summed E-state index contributed by atoms with van der Waals surface area (Å²) in [5.74, 6) is -0.698. The predicted molar refractivity (Wildman–Crippen MR) is 69.0 cm³/mol. The summed E-state index contributed by atoms with van der Waals surface area (Å²) in [6.07, 6.45) is 3.27. The van der Waals surface area contributed by atoms with E-state index in [4.69, 9.17) is 5.14 Å². The summed E-state index contributed by atoms with van der Waals surface area (Å²) in [6, 6.07) is 3.44. The van der Waals surface area contributed by atoms with Gasteiger partial charge in [0.25, 0.3) is 0 Å². The molecule has 1 aromatic heterocycles. The number of nitrogens with one attached hydrogen (secondary N) is 1. The fourth-order valence-electron chi connectivity index (χ4n) is 1.53. The Morgan fingerprint density at radius 2 is 2.21 bits per heavy atom. The van der Waals surface area contributed by atoms with E-state index < -0.39 is 15.8 Å². The Bertz CT molecular complexity index is 696. The Morgan fingerprint density at radius 1 is 1.47 bits per heavy atom. The van der Waals surface area contributed by atoms with Crippen LogP contribution >= 0.6 is 0 Å². The van der Waals surface area contributed by atoms with E-state index in [1.807, 2.05) is 6.92 Å². The maximum atomic E-state index is 13.7. The van der Waals surface area contributed by atoms with Gasteiger partial charge in [0.1, 0.15) is 5.82 Å². The first-order chi connectivity index (χ1) is 8.90. The number of hydrogen-bond acceptors (Lipinski definition) is 4. The Balaban J connectivity index is 2.27. The molecule has 6 nitrogen and oxygen atoms in total. The Hall–Kier alpha value is -1.93. The lowest BCUT2D eigenvalue weighted by atomic mass is 10.3. The fraction of sp³-hybridized carbons (Fsp3) is 0.182. The van der Waals surface area contributed by atoms with Gasteiger partial charge >= 0.3 is 0 Å². The number of halogens is 1. The number of sulfonamides is 1. The topological polar surface area (TPSA) is 90.0 Å². The molecule has 0 atom stereocenters. The van der Waals surface area contributed by atoms with Crippen molar-refractivity contribution in [3.05, 3.63) is 36.4 Å². The molecule has 0 fully saturated rings. The third kappa shape index (κ3) is 3.09. The van der Waals surface area contributed by atoms with Crippen LogP contribution in [0.1, 0.15) is 6.92 Å². The van der Waals surface area contributed by atoms with Crippen LogP contribution in [0, 0.1) is 5.82 Å². The van der Waals surface area contributed by atoms with Gasteiger partial charge in [-0.25, -0.2) is 17.9 Å². The fourth-order valence-corrected chi connectivity index (χ4v) is 2.06. The number of hydrogen-bond donors (Lipinski definition) is 2. The normalized spacial score (nSPS) is 11.5. The van der Waals surface area contributed by atoms with Gasteiger partial charge in [-0.2, -0.15) is 5.10 Å². The molecule has 1 aromatic carbocycles. The van der Waals surface area contributed by atoms with Crippen LogP contribution in [0.5, 0.6) is 0 Å². The molecule has 1 heterocycles. The number of nitrogens with two attached hydrogens (primary N) is 1. The SMILES string of the molecule is CCn1cc(Nc2ccc(S(N)(=O)=O)cc2F)cn1. The third-order valence-corrected chi connectivity index (χ3v) is 3.42. The van der Waals surface area contributed by atoms with Crippen molar-refractivity contribution < 1.29 is 12.8 Å².